The minimum absolute atomic E-state index is 0.119. The molecular weight excluding hydrogens is 398 g/mol. The maximum absolute atomic E-state index is 12.9. The van der Waals surface area contributed by atoms with E-state index in [-0.39, 0.29) is 11.9 Å². The predicted molar refractivity (Wildman–Crippen MR) is 113 cm³/mol. The van der Waals surface area contributed by atoms with Crippen molar-refractivity contribution >= 4 is 50.4 Å². The van der Waals surface area contributed by atoms with Gasteiger partial charge in [-0.15, -0.1) is 22.7 Å². The van der Waals surface area contributed by atoms with Gasteiger partial charge in [0.2, 0.25) is 0 Å². The summed E-state index contributed by atoms with van der Waals surface area (Å²) in [4.78, 5) is 23.8. The summed E-state index contributed by atoms with van der Waals surface area (Å²) in [6, 6.07) is 15.3. The molecule has 0 aliphatic rings. The van der Waals surface area contributed by atoms with Crippen LogP contribution in [0.5, 0.6) is 0 Å². The summed E-state index contributed by atoms with van der Waals surface area (Å²) in [5, 5.41) is 4.14. The molecule has 4 nitrogen and oxygen atoms in total. The van der Waals surface area contributed by atoms with Gasteiger partial charge in [-0.3, -0.25) is 4.79 Å². The number of para-hydroxylation sites is 1. The van der Waals surface area contributed by atoms with Crippen LogP contribution in [-0.4, -0.2) is 27.8 Å². The fourth-order valence-electron chi connectivity index (χ4n) is 2.72. The Labute approximate surface area is 170 Å². The second kappa shape index (κ2) is 7.38. The zero-order valence-electron chi connectivity index (χ0n) is 14.7. The molecule has 2 heterocycles. The number of thiazole rings is 2. The highest BCUT2D eigenvalue weighted by molar-refractivity contribution is 7.18. The SMILES string of the molecule is CC(c1nc2ccccc2s1)N(C)C(=O)c1csc(-c2cccc(Cl)c2)n1. The van der Waals surface area contributed by atoms with E-state index in [1.165, 1.54) is 11.3 Å². The predicted octanol–water partition coefficient (Wildman–Crippen LogP) is 5.91. The highest BCUT2D eigenvalue weighted by Gasteiger charge is 2.23. The monoisotopic (exact) mass is 413 g/mol. The van der Waals surface area contributed by atoms with Crippen LogP contribution >= 0.6 is 34.3 Å². The molecule has 0 N–H and O–H groups in total. The van der Waals surface area contributed by atoms with E-state index >= 15 is 0 Å². The Balaban J connectivity index is 1.56. The van der Waals surface area contributed by atoms with Gasteiger partial charge in [0.15, 0.2) is 0 Å². The lowest BCUT2D eigenvalue weighted by molar-refractivity contribution is 0.0737. The summed E-state index contributed by atoms with van der Waals surface area (Å²) in [6.07, 6.45) is 0. The number of nitrogens with zero attached hydrogens (tertiary/aromatic N) is 3. The third-order valence-corrected chi connectivity index (χ3v) is 6.70. The lowest BCUT2D eigenvalue weighted by Crippen LogP contribution is -2.29. The number of halogens is 1. The molecule has 0 saturated heterocycles. The Morgan fingerprint density at radius 2 is 1.96 bits per heavy atom. The third kappa shape index (κ3) is 3.60. The molecule has 27 heavy (non-hydrogen) atoms. The van der Waals surface area contributed by atoms with E-state index < -0.39 is 0 Å². The quantitative estimate of drug-likeness (QED) is 0.418. The average molecular weight is 414 g/mol. The van der Waals surface area contributed by atoms with E-state index in [2.05, 4.69) is 9.97 Å². The van der Waals surface area contributed by atoms with Crippen molar-refractivity contribution in [2.75, 3.05) is 7.05 Å². The minimum atomic E-state index is -0.133. The Bertz CT molecular complexity index is 1090. The highest BCUT2D eigenvalue weighted by Crippen LogP contribution is 2.31. The fraction of sp³-hybridized carbons (Fsp3) is 0.150. The van der Waals surface area contributed by atoms with Gasteiger partial charge in [-0.1, -0.05) is 35.9 Å². The zero-order chi connectivity index (χ0) is 19.0. The standard InChI is InChI=1S/C20H16ClN3OS2/c1-12(18-22-15-8-3-4-9-17(15)27-18)24(2)20(25)16-11-26-19(23-16)13-6-5-7-14(21)10-13/h3-12H,1-2H3. The fourth-order valence-corrected chi connectivity index (χ4v) is 4.76. The van der Waals surface area contributed by atoms with Gasteiger partial charge >= 0.3 is 0 Å². The molecule has 0 aliphatic carbocycles. The van der Waals surface area contributed by atoms with Crippen molar-refractivity contribution in [3.05, 3.63) is 69.6 Å². The number of amides is 1. The van der Waals surface area contributed by atoms with Crippen LogP contribution in [0, 0.1) is 0 Å². The third-order valence-electron chi connectivity index (χ3n) is 4.36. The molecule has 7 heteroatoms. The van der Waals surface area contributed by atoms with Crippen molar-refractivity contribution in [2.45, 2.75) is 13.0 Å². The summed E-state index contributed by atoms with van der Waals surface area (Å²) < 4.78 is 1.12. The molecule has 0 bridgehead atoms. The first-order chi connectivity index (χ1) is 13.0. The second-order valence-corrected chi connectivity index (χ2v) is 8.52. The molecule has 2 aromatic heterocycles. The molecule has 2 aromatic carbocycles. The number of rotatable bonds is 4. The molecular formula is C20H16ClN3OS2. The molecule has 0 radical (unpaired) electrons. The molecule has 1 unspecified atom stereocenters. The van der Waals surface area contributed by atoms with Gasteiger partial charge in [-0.05, 0) is 31.2 Å². The number of benzene rings is 2. The summed E-state index contributed by atoms with van der Waals surface area (Å²) >= 11 is 9.10. The van der Waals surface area contributed by atoms with Gasteiger partial charge in [0.05, 0.1) is 16.3 Å². The Morgan fingerprint density at radius 3 is 2.74 bits per heavy atom. The van der Waals surface area contributed by atoms with Crippen molar-refractivity contribution in [3.63, 3.8) is 0 Å². The maximum atomic E-state index is 12.9. The highest BCUT2D eigenvalue weighted by atomic mass is 35.5. The molecule has 0 saturated carbocycles. The van der Waals surface area contributed by atoms with E-state index in [1.807, 2.05) is 55.5 Å². The van der Waals surface area contributed by atoms with Gasteiger partial charge < -0.3 is 4.90 Å². The van der Waals surface area contributed by atoms with Crippen LogP contribution in [0.25, 0.3) is 20.8 Å². The molecule has 0 aliphatic heterocycles. The Kier molecular flexibility index (Phi) is 4.95. The molecule has 4 rings (SSSR count). The van der Waals surface area contributed by atoms with Crippen LogP contribution in [0.1, 0.15) is 28.5 Å². The van der Waals surface area contributed by atoms with E-state index in [0.29, 0.717) is 10.7 Å². The van der Waals surface area contributed by atoms with Crippen LogP contribution < -0.4 is 0 Å². The lowest BCUT2D eigenvalue weighted by Gasteiger charge is -2.22. The summed E-state index contributed by atoms with van der Waals surface area (Å²) in [7, 11) is 1.79. The van der Waals surface area contributed by atoms with Crippen molar-refractivity contribution in [2.24, 2.45) is 0 Å². The van der Waals surface area contributed by atoms with Gasteiger partial charge in [-0.2, -0.15) is 0 Å². The summed E-state index contributed by atoms with van der Waals surface area (Å²) in [6.45, 7) is 1.99. The molecule has 1 atom stereocenters. The number of hydrogen-bond donors (Lipinski definition) is 0. The molecule has 0 fully saturated rings. The smallest absolute Gasteiger partial charge is 0.273 e. The van der Waals surface area contributed by atoms with Crippen molar-refractivity contribution in [1.29, 1.82) is 0 Å². The summed E-state index contributed by atoms with van der Waals surface area (Å²) in [5.41, 5.74) is 2.31. The van der Waals surface area contributed by atoms with Gasteiger partial charge in [0.25, 0.3) is 5.91 Å². The Hall–Kier alpha value is -2.28. The number of carbonyl (C=O) groups excluding carboxylic acids is 1. The minimum Gasteiger partial charge on any atom is -0.331 e. The molecule has 4 aromatic rings. The van der Waals surface area contributed by atoms with E-state index in [4.69, 9.17) is 11.6 Å². The first-order valence-corrected chi connectivity index (χ1v) is 10.4. The van der Waals surface area contributed by atoms with Crippen LogP contribution in [-0.2, 0) is 0 Å². The van der Waals surface area contributed by atoms with E-state index in [1.54, 1.807) is 28.7 Å². The van der Waals surface area contributed by atoms with Gasteiger partial charge in [-0.25, -0.2) is 9.97 Å². The van der Waals surface area contributed by atoms with Crippen molar-refractivity contribution in [3.8, 4) is 10.6 Å². The average Bonchev–Trinajstić information content (AvgIpc) is 3.33. The van der Waals surface area contributed by atoms with E-state index in [9.17, 15) is 4.79 Å². The summed E-state index contributed by atoms with van der Waals surface area (Å²) in [5.74, 6) is -0.119. The first kappa shape index (κ1) is 18.1. The Morgan fingerprint density at radius 1 is 1.15 bits per heavy atom. The van der Waals surface area contributed by atoms with Crippen LogP contribution in [0.4, 0.5) is 0 Å². The maximum Gasteiger partial charge on any atom is 0.273 e. The van der Waals surface area contributed by atoms with Gasteiger partial charge in [0.1, 0.15) is 15.7 Å². The lowest BCUT2D eigenvalue weighted by atomic mass is 10.2. The zero-order valence-corrected chi connectivity index (χ0v) is 17.1. The van der Waals surface area contributed by atoms with Crippen molar-refractivity contribution < 1.29 is 4.79 Å². The van der Waals surface area contributed by atoms with Gasteiger partial charge in [0, 0.05) is 23.0 Å². The normalized spacial score (nSPS) is 12.3. The number of aromatic nitrogens is 2. The van der Waals surface area contributed by atoms with Crippen LogP contribution in [0.3, 0.4) is 0 Å². The molecule has 0 spiro atoms. The van der Waals surface area contributed by atoms with Crippen molar-refractivity contribution in [1.82, 2.24) is 14.9 Å². The van der Waals surface area contributed by atoms with Crippen LogP contribution in [0.2, 0.25) is 5.02 Å². The van der Waals surface area contributed by atoms with Crippen LogP contribution in [0.15, 0.2) is 53.9 Å². The largest absolute Gasteiger partial charge is 0.331 e. The topological polar surface area (TPSA) is 46.1 Å². The number of fused-ring (bicyclic) bond motifs is 1. The number of carbonyl (C=O) groups is 1. The molecule has 136 valence electrons. The number of hydrogen-bond acceptors (Lipinski definition) is 5. The first-order valence-electron chi connectivity index (χ1n) is 8.37. The molecule has 1 amide bonds. The second-order valence-electron chi connectivity index (χ2n) is 6.16. The van der Waals surface area contributed by atoms with E-state index in [0.717, 1.165) is 25.8 Å².